The monoisotopic (exact) mass is 280 g/mol. The van der Waals surface area contributed by atoms with Gasteiger partial charge in [0, 0.05) is 11.2 Å². The van der Waals surface area contributed by atoms with Gasteiger partial charge in [-0.3, -0.25) is 14.3 Å². The molecule has 1 aromatic heterocycles. The maximum atomic E-state index is 11.8. The molecule has 0 aliphatic rings. The minimum atomic E-state index is -1.41. The Morgan fingerprint density at radius 1 is 1.37 bits per heavy atom. The average Bonchev–Trinajstić information content (AvgIpc) is 2.32. The Morgan fingerprint density at radius 3 is 2.68 bits per heavy atom. The van der Waals surface area contributed by atoms with E-state index < -0.39 is 22.8 Å². The molecule has 0 saturated carbocycles. The van der Waals surface area contributed by atoms with Crippen molar-refractivity contribution < 1.29 is 9.90 Å². The van der Waals surface area contributed by atoms with Crippen molar-refractivity contribution in [2.75, 3.05) is 0 Å². The van der Waals surface area contributed by atoms with Crippen molar-refractivity contribution >= 4 is 17.6 Å². The maximum Gasteiger partial charge on any atom is 0.342 e. The second-order valence-electron chi connectivity index (χ2n) is 3.91. The number of aromatic nitrogens is 2. The molecule has 2 aromatic rings. The molecule has 6 nitrogen and oxygen atoms in total. The molecule has 19 heavy (non-hydrogen) atoms. The van der Waals surface area contributed by atoms with Gasteiger partial charge in [-0.05, 0) is 24.6 Å². The molecule has 0 aliphatic carbocycles. The van der Waals surface area contributed by atoms with E-state index in [1.54, 1.807) is 19.1 Å². The van der Waals surface area contributed by atoms with E-state index in [9.17, 15) is 14.4 Å². The van der Waals surface area contributed by atoms with Gasteiger partial charge < -0.3 is 5.11 Å². The predicted molar refractivity (Wildman–Crippen MR) is 69.4 cm³/mol. The van der Waals surface area contributed by atoms with Gasteiger partial charge in [0.15, 0.2) is 0 Å². The third-order valence-electron chi connectivity index (χ3n) is 2.60. The van der Waals surface area contributed by atoms with E-state index >= 15 is 0 Å². The lowest BCUT2D eigenvalue weighted by atomic mass is 10.2. The van der Waals surface area contributed by atoms with Gasteiger partial charge in [-0.25, -0.2) is 9.59 Å². The molecule has 0 atom stereocenters. The summed E-state index contributed by atoms with van der Waals surface area (Å²) in [5.41, 5.74) is -1.04. The average molecular weight is 281 g/mol. The van der Waals surface area contributed by atoms with Crippen LogP contribution in [0.4, 0.5) is 0 Å². The molecule has 7 heteroatoms. The Labute approximate surface area is 111 Å². The summed E-state index contributed by atoms with van der Waals surface area (Å²) in [4.78, 5) is 36.0. The summed E-state index contributed by atoms with van der Waals surface area (Å²) in [6, 6.07) is 4.85. The number of aromatic amines is 1. The number of hydrogen-bond acceptors (Lipinski definition) is 3. The highest BCUT2D eigenvalue weighted by Gasteiger charge is 2.13. The van der Waals surface area contributed by atoms with Crippen LogP contribution in [-0.4, -0.2) is 20.6 Å². The number of rotatable bonds is 2. The van der Waals surface area contributed by atoms with Crippen LogP contribution in [-0.2, 0) is 0 Å². The van der Waals surface area contributed by atoms with E-state index in [4.69, 9.17) is 16.7 Å². The summed E-state index contributed by atoms with van der Waals surface area (Å²) < 4.78 is 1.05. The zero-order valence-electron chi connectivity index (χ0n) is 9.81. The lowest BCUT2D eigenvalue weighted by Crippen LogP contribution is -2.32. The number of hydrogen-bond donors (Lipinski definition) is 2. The topological polar surface area (TPSA) is 92.2 Å². The van der Waals surface area contributed by atoms with Crippen LogP contribution < -0.4 is 11.2 Å². The Morgan fingerprint density at radius 2 is 2.05 bits per heavy atom. The molecule has 0 amide bonds. The molecular weight excluding hydrogens is 272 g/mol. The molecule has 0 saturated heterocycles. The van der Waals surface area contributed by atoms with Crippen LogP contribution in [0.5, 0.6) is 0 Å². The molecule has 0 radical (unpaired) electrons. The van der Waals surface area contributed by atoms with Crippen LogP contribution in [0.2, 0.25) is 5.02 Å². The summed E-state index contributed by atoms with van der Waals surface area (Å²) in [5, 5.41) is 9.29. The fourth-order valence-corrected chi connectivity index (χ4v) is 1.81. The molecule has 2 rings (SSSR count). The minimum absolute atomic E-state index is 0.399. The molecule has 0 aliphatic heterocycles. The first-order valence-corrected chi connectivity index (χ1v) is 5.64. The summed E-state index contributed by atoms with van der Waals surface area (Å²) in [5.74, 6) is -1.41. The van der Waals surface area contributed by atoms with E-state index in [0.29, 0.717) is 10.7 Å². The molecule has 1 heterocycles. The number of carbonyl (C=O) groups is 1. The predicted octanol–water partition coefficient (Wildman–Crippen LogP) is 1.19. The molecule has 0 fully saturated rings. The summed E-state index contributed by atoms with van der Waals surface area (Å²) in [6.07, 6.45) is 0.988. The fourth-order valence-electron chi connectivity index (χ4n) is 1.64. The normalized spacial score (nSPS) is 10.4. The van der Waals surface area contributed by atoms with Crippen LogP contribution in [0.15, 0.2) is 34.0 Å². The highest BCUT2D eigenvalue weighted by Crippen LogP contribution is 2.17. The largest absolute Gasteiger partial charge is 0.477 e. The van der Waals surface area contributed by atoms with E-state index in [-0.39, 0.29) is 0 Å². The van der Waals surface area contributed by atoms with E-state index in [0.717, 1.165) is 16.3 Å². The first-order valence-electron chi connectivity index (χ1n) is 5.26. The Bertz CT molecular complexity index is 776. The van der Waals surface area contributed by atoms with Crippen molar-refractivity contribution in [2.24, 2.45) is 0 Å². The number of nitrogens with one attached hydrogen (secondary N) is 1. The number of aryl methyl sites for hydroxylation is 1. The molecule has 1 aromatic carbocycles. The third-order valence-corrected chi connectivity index (χ3v) is 2.84. The van der Waals surface area contributed by atoms with Crippen molar-refractivity contribution in [3.8, 4) is 5.69 Å². The van der Waals surface area contributed by atoms with E-state index in [1.165, 1.54) is 6.07 Å². The smallest absolute Gasteiger partial charge is 0.342 e. The molecule has 0 spiro atoms. The van der Waals surface area contributed by atoms with Gasteiger partial charge >= 0.3 is 11.7 Å². The second kappa shape index (κ2) is 4.74. The Kier molecular flexibility index (Phi) is 3.26. The summed E-state index contributed by atoms with van der Waals surface area (Å²) in [7, 11) is 0. The third kappa shape index (κ3) is 2.43. The standard InChI is InChI=1S/C12H9ClN2O4/c1-6-2-3-7(13)4-9(6)15-5-8(11(17)18)10(16)14-12(15)19/h2-5H,1H3,(H,17,18)(H,14,16,19). The second-order valence-corrected chi connectivity index (χ2v) is 4.34. The van der Waals surface area contributed by atoms with Gasteiger partial charge in [-0.15, -0.1) is 0 Å². The maximum absolute atomic E-state index is 11.8. The number of benzene rings is 1. The number of H-pyrrole nitrogens is 1. The minimum Gasteiger partial charge on any atom is -0.477 e. The number of nitrogens with zero attached hydrogens (tertiary/aromatic N) is 1. The zero-order chi connectivity index (χ0) is 14.2. The summed E-state index contributed by atoms with van der Waals surface area (Å²) in [6.45, 7) is 1.74. The van der Waals surface area contributed by atoms with Crippen LogP contribution >= 0.6 is 11.6 Å². The first-order chi connectivity index (χ1) is 8.90. The lowest BCUT2D eigenvalue weighted by molar-refractivity contribution is 0.0694. The van der Waals surface area contributed by atoms with Crippen LogP contribution in [0.25, 0.3) is 5.69 Å². The Hall–Kier alpha value is -2.34. The number of carboxylic acid groups (broad SMARTS) is 1. The van der Waals surface area contributed by atoms with Gasteiger partial charge in [0.05, 0.1) is 5.69 Å². The number of aromatic carboxylic acids is 1. The fraction of sp³-hybridized carbons (Fsp3) is 0.0833. The molecule has 98 valence electrons. The van der Waals surface area contributed by atoms with Gasteiger partial charge in [-0.1, -0.05) is 17.7 Å². The quantitative estimate of drug-likeness (QED) is 0.864. The molecular formula is C12H9ClN2O4. The summed E-state index contributed by atoms with van der Waals surface area (Å²) >= 11 is 5.85. The highest BCUT2D eigenvalue weighted by molar-refractivity contribution is 6.30. The van der Waals surface area contributed by atoms with Crippen LogP contribution in [0.1, 0.15) is 15.9 Å². The van der Waals surface area contributed by atoms with Crippen molar-refractivity contribution in [1.29, 1.82) is 0 Å². The molecule has 2 N–H and O–H groups in total. The van der Waals surface area contributed by atoms with Crippen LogP contribution in [0, 0.1) is 6.92 Å². The SMILES string of the molecule is Cc1ccc(Cl)cc1-n1cc(C(=O)O)c(=O)[nH]c1=O. The lowest BCUT2D eigenvalue weighted by Gasteiger charge is -2.09. The Balaban J connectivity index is 2.79. The molecule has 0 bridgehead atoms. The highest BCUT2D eigenvalue weighted by atomic mass is 35.5. The van der Waals surface area contributed by atoms with Crippen molar-refractivity contribution in [3.63, 3.8) is 0 Å². The first kappa shape index (κ1) is 13.1. The van der Waals surface area contributed by atoms with Gasteiger partial charge in [0.25, 0.3) is 5.56 Å². The van der Waals surface area contributed by atoms with Crippen LogP contribution in [0.3, 0.4) is 0 Å². The van der Waals surface area contributed by atoms with E-state index in [1.807, 2.05) is 4.98 Å². The van der Waals surface area contributed by atoms with Gasteiger partial charge in [0.2, 0.25) is 0 Å². The molecule has 0 unspecified atom stereocenters. The van der Waals surface area contributed by atoms with Gasteiger partial charge in [-0.2, -0.15) is 0 Å². The van der Waals surface area contributed by atoms with Crippen molar-refractivity contribution in [1.82, 2.24) is 9.55 Å². The number of halogens is 1. The van der Waals surface area contributed by atoms with Crippen molar-refractivity contribution in [2.45, 2.75) is 6.92 Å². The van der Waals surface area contributed by atoms with Crippen molar-refractivity contribution in [3.05, 3.63) is 61.4 Å². The van der Waals surface area contributed by atoms with Gasteiger partial charge in [0.1, 0.15) is 5.56 Å². The van der Waals surface area contributed by atoms with E-state index in [2.05, 4.69) is 0 Å². The number of carboxylic acids is 1. The zero-order valence-corrected chi connectivity index (χ0v) is 10.6.